The molecule has 0 spiro atoms. The summed E-state index contributed by atoms with van der Waals surface area (Å²) in [5.41, 5.74) is 0.401. The van der Waals surface area contributed by atoms with Gasteiger partial charge in [-0.3, -0.25) is 9.79 Å². The molecule has 0 aliphatic rings. The summed E-state index contributed by atoms with van der Waals surface area (Å²) < 4.78 is 36.3. The van der Waals surface area contributed by atoms with Crippen LogP contribution in [-0.4, -0.2) is 49.3 Å². The number of aliphatic imine (C=N–C) groups is 1. The van der Waals surface area contributed by atoms with Crippen LogP contribution in [0.15, 0.2) is 29.3 Å². The van der Waals surface area contributed by atoms with E-state index in [1.807, 2.05) is 0 Å². The largest absolute Gasteiger partial charge is 0.508 e. The highest BCUT2D eigenvalue weighted by Gasteiger charge is 2.26. The maximum absolute atomic E-state index is 12.1. The molecule has 1 aromatic rings. The molecule has 0 fully saturated rings. The lowest BCUT2D eigenvalue weighted by atomic mass is 10.2. The van der Waals surface area contributed by atoms with E-state index in [2.05, 4.69) is 20.9 Å². The third kappa shape index (κ3) is 10.7. The van der Waals surface area contributed by atoms with Crippen LogP contribution in [0.3, 0.4) is 0 Å². The molecule has 25 heavy (non-hydrogen) atoms. The lowest BCUT2D eigenvalue weighted by Gasteiger charge is -2.12. The fourth-order valence-electron chi connectivity index (χ4n) is 1.71. The van der Waals surface area contributed by atoms with Gasteiger partial charge in [0.05, 0.1) is 13.0 Å². The molecule has 0 aliphatic carbocycles. The Morgan fingerprint density at radius 3 is 2.28 bits per heavy atom. The molecule has 0 aromatic heterocycles. The number of halogens is 4. The van der Waals surface area contributed by atoms with Gasteiger partial charge in [-0.05, 0) is 31.2 Å². The number of benzene rings is 1. The Hall–Kier alpha value is -1.72. The minimum absolute atomic E-state index is 0. The van der Waals surface area contributed by atoms with Crippen molar-refractivity contribution in [3.63, 3.8) is 0 Å². The summed E-state index contributed by atoms with van der Waals surface area (Å²) in [4.78, 5) is 15.6. The summed E-state index contributed by atoms with van der Waals surface area (Å²) >= 11 is 0. The van der Waals surface area contributed by atoms with Crippen LogP contribution in [0.1, 0.15) is 23.7 Å². The van der Waals surface area contributed by atoms with Gasteiger partial charge in [-0.15, -0.1) is 24.0 Å². The van der Waals surface area contributed by atoms with Crippen LogP contribution in [0, 0.1) is 0 Å². The molecular formula is C15H22F3IN4O2. The zero-order valence-corrected chi connectivity index (χ0v) is 16.0. The van der Waals surface area contributed by atoms with E-state index in [4.69, 9.17) is 5.11 Å². The van der Waals surface area contributed by atoms with Gasteiger partial charge < -0.3 is 21.1 Å². The smallest absolute Gasteiger partial charge is 0.390 e. The van der Waals surface area contributed by atoms with Gasteiger partial charge in [0.25, 0.3) is 5.91 Å². The lowest BCUT2D eigenvalue weighted by Crippen LogP contribution is -2.41. The Labute approximate surface area is 161 Å². The number of amides is 1. The monoisotopic (exact) mass is 474 g/mol. The normalized spacial score (nSPS) is 11.4. The molecule has 4 N–H and O–H groups in total. The fraction of sp³-hybridized carbons (Fsp3) is 0.467. The van der Waals surface area contributed by atoms with E-state index in [-0.39, 0.29) is 54.7 Å². The lowest BCUT2D eigenvalue weighted by molar-refractivity contribution is -0.132. The summed E-state index contributed by atoms with van der Waals surface area (Å²) in [5, 5.41) is 17.5. The summed E-state index contributed by atoms with van der Waals surface area (Å²) in [5.74, 6) is 0.0232. The molecule has 0 bridgehead atoms. The molecule has 0 unspecified atom stereocenters. The molecule has 1 amide bonds. The van der Waals surface area contributed by atoms with E-state index in [1.54, 1.807) is 6.92 Å². The first kappa shape index (κ1) is 23.3. The van der Waals surface area contributed by atoms with E-state index >= 15 is 0 Å². The number of rotatable bonds is 7. The van der Waals surface area contributed by atoms with Crippen LogP contribution in [0.25, 0.3) is 0 Å². The SMILES string of the molecule is CCNC(=NCCC(F)(F)F)NCCNC(=O)c1ccc(O)cc1.I. The first-order chi connectivity index (χ1) is 11.3. The van der Waals surface area contributed by atoms with Gasteiger partial charge >= 0.3 is 6.18 Å². The van der Waals surface area contributed by atoms with Crippen molar-refractivity contribution in [1.82, 2.24) is 16.0 Å². The summed E-state index contributed by atoms with van der Waals surface area (Å²) in [6, 6.07) is 5.79. The molecule has 0 heterocycles. The molecule has 1 aromatic carbocycles. The second-order valence-electron chi connectivity index (χ2n) is 4.86. The molecule has 142 valence electrons. The average molecular weight is 474 g/mol. The number of nitrogens with one attached hydrogen (secondary N) is 3. The van der Waals surface area contributed by atoms with Crippen molar-refractivity contribution in [2.45, 2.75) is 19.5 Å². The van der Waals surface area contributed by atoms with Gasteiger partial charge in [0.2, 0.25) is 0 Å². The van der Waals surface area contributed by atoms with Crippen LogP contribution in [0.5, 0.6) is 5.75 Å². The maximum atomic E-state index is 12.1. The zero-order chi connectivity index (χ0) is 18.0. The fourth-order valence-corrected chi connectivity index (χ4v) is 1.71. The highest BCUT2D eigenvalue weighted by molar-refractivity contribution is 14.0. The van der Waals surface area contributed by atoms with Crippen LogP contribution >= 0.6 is 24.0 Å². The van der Waals surface area contributed by atoms with E-state index in [0.717, 1.165) is 0 Å². The van der Waals surface area contributed by atoms with Gasteiger partial charge in [0, 0.05) is 25.2 Å². The van der Waals surface area contributed by atoms with Gasteiger partial charge in [-0.2, -0.15) is 13.2 Å². The zero-order valence-electron chi connectivity index (χ0n) is 13.7. The number of phenols is 1. The number of hydrogen-bond acceptors (Lipinski definition) is 3. The van der Waals surface area contributed by atoms with Crippen molar-refractivity contribution in [1.29, 1.82) is 0 Å². The predicted octanol–water partition coefficient (Wildman–Crippen LogP) is 2.25. The molecule has 0 saturated carbocycles. The highest BCUT2D eigenvalue weighted by atomic mass is 127. The third-order valence-electron chi connectivity index (χ3n) is 2.84. The first-order valence-corrected chi connectivity index (χ1v) is 7.48. The predicted molar refractivity (Wildman–Crippen MR) is 101 cm³/mol. The second kappa shape index (κ2) is 11.8. The van der Waals surface area contributed by atoms with E-state index in [9.17, 15) is 18.0 Å². The Kier molecular flexibility index (Phi) is 11.0. The van der Waals surface area contributed by atoms with Crippen molar-refractivity contribution in [3.8, 4) is 5.75 Å². The number of guanidine groups is 1. The third-order valence-corrected chi connectivity index (χ3v) is 2.84. The van der Waals surface area contributed by atoms with Crippen molar-refractivity contribution >= 4 is 35.8 Å². The van der Waals surface area contributed by atoms with Gasteiger partial charge in [-0.25, -0.2) is 0 Å². The van der Waals surface area contributed by atoms with Crippen molar-refractivity contribution in [2.75, 3.05) is 26.2 Å². The van der Waals surface area contributed by atoms with E-state index in [1.165, 1.54) is 24.3 Å². The molecule has 0 saturated heterocycles. The number of alkyl halides is 3. The molecule has 0 radical (unpaired) electrons. The topological polar surface area (TPSA) is 85.8 Å². The van der Waals surface area contributed by atoms with Crippen LogP contribution < -0.4 is 16.0 Å². The quantitative estimate of drug-likeness (QED) is 0.212. The average Bonchev–Trinajstić information content (AvgIpc) is 2.50. The minimum atomic E-state index is -4.24. The van der Waals surface area contributed by atoms with Crippen LogP contribution in [-0.2, 0) is 0 Å². The summed E-state index contributed by atoms with van der Waals surface area (Å²) in [6.45, 7) is 2.52. The number of carbonyl (C=O) groups is 1. The standard InChI is InChI=1S/C15H21F3N4O2.HI/c1-2-19-14(21-8-7-15(16,17)18)22-10-9-20-13(24)11-3-5-12(23)6-4-11;/h3-6,23H,2,7-10H2,1H3,(H,20,24)(H2,19,21,22);1H. The van der Waals surface area contributed by atoms with Gasteiger partial charge in [0.15, 0.2) is 5.96 Å². The molecule has 10 heteroatoms. The summed E-state index contributed by atoms with van der Waals surface area (Å²) in [6.07, 6.45) is -5.22. The number of hydrogen-bond donors (Lipinski definition) is 4. The number of nitrogens with zero attached hydrogens (tertiary/aromatic N) is 1. The minimum Gasteiger partial charge on any atom is -0.508 e. The number of phenolic OH excluding ortho intramolecular Hbond substituents is 1. The number of aromatic hydroxyl groups is 1. The maximum Gasteiger partial charge on any atom is 0.390 e. The summed E-state index contributed by atoms with van der Waals surface area (Å²) in [7, 11) is 0. The molecule has 0 aliphatic heterocycles. The van der Waals surface area contributed by atoms with E-state index < -0.39 is 12.6 Å². The van der Waals surface area contributed by atoms with Crippen molar-refractivity contribution in [3.05, 3.63) is 29.8 Å². The highest BCUT2D eigenvalue weighted by Crippen LogP contribution is 2.18. The van der Waals surface area contributed by atoms with Crippen LogP contribution in [0.2, 0.25) is 0 Å². The molecule has 0 atom stereocenters. The Morgan fingerprint density at radius 2 is 1.72 bits per heavy atom. The Bertz CT molecular complexity index is 551. The first-order valence-electron chi connectivity index (χ1n) is 7.48. The van der Waals surface area contributed by atoms with Crippen LogP contribution in [0.4, 0.5) is 13.2 Å². The second-order valence-corrected chi connectivity index (χ2v) is 4.86. The van der Waals surface area contributed by atoms with Gasteiger partial charge in [0.1, 0.15) is 5.75 Å². The number of carbonyl (C=O) groups excluding carboxylic acids is 1. The van der Waals surface area contributed by atoms with Crippen molar-refractivity contribution in [2.24, 2.45) is 4.99 Å². The van der Waals surface area contributed by atoms with E-state index in [0.29, 0.717) is 18.7 Å². The molecule has 6 nitrogen and oxygen atoms in total. The Morgan fingerprint density at radius 1 is 1.12 bits per heavy atom. The molecular weight excluding hydrogens is 452 g/mol. The molecule has 1 rings (SSSR count). The van der Waals surface area contributed by atoms with Gasteiger partial charge in [-0.1, -0.05) is 0 Å². The van der Waals surface area contributed by atoms with Crippen molar-refractivity contribution < 1.29 is 23.1 Å². The Balaban J connectivity index is 0.00000576.